The number of hydrogen-bond donors (Lipinski definition) is 1. The molecule has 1 heterocycles. The van der Waals surface area contributed by atoms with Crippen LogP contribution in [-0.2, 0) is 19.4 Å². The van der Waals surface area contributed by atoms with Gasteiger partial charge in [-0.2, -0.15) is 0 Å². The second-order valence-corrected chi connectivity index (χ2v) is 16.9. The Bertz CT molecular complexity index is 1510. The van der Waals surface area contributed by atoms with Gasteiger partial charge in [-0.3, -0.25) is 9.59 Å². The van der Waals surface area contributed by atoms with E-state index in [1.807, 2.05) is 76.3 Å². The molecule has 0 bridgehead atoms. The van der Waals surface area contributed by atoms with Crippen LogP contribution in [0.3, 0.4) is 0 Å². The number of nitrogens with zero attached hydrogens (tertiary/aromatic N) is 1. The van der Waals surface area contributed by atoms with E-state index < -0.39 is 40.1 Å². The fourth-order valence-electron chi connectivity index (χ4n) is 5.80. The predicted octanol–water partition coefficient (Wildman–Crippen LogP) is 4.86. The van der Waals surface area contributed by atoms with Crippen molar-refractivity contribution in [2.75, 3.05) is 6.61 Å². The maximum Gasteiger partial charge on any atom is 0.258 e. The summed E-state index contributed by atoms with van der Waals surface area (Å²) in [6, 6.07) is 26.7. The van der Waals surface area contributed by atoms with Crippen molar-refractivity contribution in [1.29, 1.82) is 0 Å². The highest BCUT2D eigenvalue weighted by Crippen LogP contribution is 2.55. The lowest BCUT2D eigenvalue weighted by atomic mass is 9.83. The summed E-state index contributed by atoms with van der Waals surface area (Å²) in [5.41, 5.74) is 0.0535. The normalized spacial score (nSPS) is 21.1. The van der Waals surface area contributed by atoms with Crippen molar-refractivity contribution in [1.82, 2.24) is 10.2 Å². The number of rotatable bonds is 10. The second-order valence-electron chi connectivity index (χ2n) is 11.5. The van der Waals surface area contributed by atoms with Crippen LogP contribution in [0.4, 0.5) is 0 Å². The first kappa shape index (κ1) is 30.3. The Morgan fingerprint density at radius 1 is 0.927 bits per heavy atom. The minimum atomic E-state index is -4.22. The van der Waals surface area contributed by atoms with Gasteiger partial charge in [-0.25, -0.2) is 8.42 Å². The van der Waals surface area contributed by atoms with E-state index in [-0.39, 0.29) is 23.8 Å². The molecule has 0 aliphatic carbocycles. The topological polar surface area (TPSA) is 92.8 Å². The van der Waals surface area contributed by atoms with Gasteiger partial charge in [0, 0.05) is 12.0 Å². The van der Waals surface area contributed by atoms with Crippen LogP contribution in [0.5, 0.6) is 5.75 Å². The van der Waals surface area contributed by atoms with Crippen molar-refractivity contribution in [2.24, 2.45) is 0 Å². The van der Waals surface area contributed by atoms with Gasteiger partial charge in [-0.15, -0.1) is 0 Å². The Morgan fingerprint density at radius 3 is 2.00 bits per heavy atom. The van der Waals surface area contributed by atoms with Crippen LogP contribution in [-0.4, -0.2) is 56.1 Å². The highest BCUT2D eigenvalue weighted by atomic mass is 32.2. The minimum absolute atomic E-state index is 0.00681. The summed E-state index contributed by atoms with van der Waals surface area (Å²) in [6.07, 6.45) is 3.66. The van der Waals surface area contributed by atoms with Crippen LogP contribution in [0, 0.1) is 0 Å². The van der Waals surface area contributed by atoms with Crippen LogP contribution in [0.25, 0.3) is 6.08 Å². The molecule has 216 valence electrons. The Labute approximate surface area is 244 Å². The van der Waals surface area contributed by atoms with E-state index in [1.54, 1.807) is 60.7 Å². The van der Waals surface area contributed by atoms with Gasteiger partial charge < -0.3 is 15.0 Å². The number of hydrogen-bond acceptors (Lipinski definition) is 5. The predicted molar refractivity (Wildman–Crippen MR) is 165 cm³/mol. The summed E-state index contributed by atoms with van der Waals surface area (Å²) < 4.78 is 35.4. The SMILES string of the molecule is C[SiH](C)[C@@]1(NC(=O)COc2ccccc2)C(=O)N(C(C)(C)C)[C@@]1(C/C=C/c1ccccc1)S(=O)(=O)c1ccccc1. The fraction of sp³-hybridized carbons (Fsp3) is 0.312. The number of nitrogens with one attached hydrogen (secondary N) is 1. The number of para-hydroxylation sites is 1. The molecular formula is C32H38N2O5SSi. The number of sulfone groups is 1. The molecule has 0 spiro atoms. The van der Waals surface area contributed by atoms with E-state index in [0.29, 0.717) is 5.75 Å². The molecule has 1 fully saturated rings. The standard InChI is InChI=1S/C32H38N2O5SSi/c1-30(2,3)34-29(36)32(41(4)5,33-28(35)24-39-26-19-11-7-12-20-26)31(34,23-15-18-25-16-9-6-10-17-25)40(37,38)27-21-13-8-14-22-27/h6-22,41H,23-24H2,1-5H3,(H,33,35)/b18-15+/t31-,32-/m0/s1. The number of carbonyl (C=O) groups excluding carboxylic acids is 2. The zero-order chi connectivity index (χ0) is 29.9. The number of amides is 2. The van der Waals surface area contributed by atoms with Gasteiger partial charge in [0.2, 0.25) is 15.7 Å². The average molecular weight is 591 g/mol. The van der Waals surface area contributed by atoms with Crippen molar-refractivity contribution in [3.63, 3.8) is 0 Å². The van der Waals surface area contributed by atoms with E-state index in [2.05, 4.69) is 5.32 Å². The zero-order valence-corrected chi connectivity index (χ0v) is 26.2. The van der Waals surface area contributed by atoms with Gasteiger partial charge in [0.05, 0.1) is 13.7 Å². The fourth-order valence-corrected chi connectivity index (χ4v) is 11.6. The molecule has 1 aliphatic rings. The smallest absolute Gasteiger partial charge is 0.258 e. The molecule has 7 nitrogen and oxygen atoms in total. The molecule has 0 unspecified atom stereocenters. The summed E-state index contributed by atoms with van der Waals surface area (Å²) in [5, 5.41) is 1.34. The summed E-state index contributed by atoms with van der Waals surface area (Å²) in [7, 11) is -6.51. The quantitative estimate of drug-likeness (QED) is 0.269. The van der Waals surface area contributed by atoms with Crippen molar-refractivity contribution in [3.8, 4) is 5.75 Å². The van der Waals surface area contributed by atoms with Gasteiger partial charge >= 0.3 is 0 Å². The number of likely N-dealkylation sites (tertiary alicyclic amines) is 1. The lowest BCUT2D eigenvalue weighted by Gasteiger charge is -2.68. The Morgan fingerprint density at radius 2 is 1.46 bits per heavy atom. The number of β-lactam (4-membered cyclic amide) rings is 1. The molecule has 4 rings (SSSR count). The highest BCUT2D eigenvalue weighted by molar-refractivity contribution is 7.93. The van der Waals surface area contributed by atoms with Crippen LogP contribution >= 0.6 is 0 Å². The number of ether oxygens (including phenoxy) is 1. The summed E-state index contributed by atoms with van der Waals surface area (Å²) >= 11 is 0. The summed E-state index contributed by atoms with van der Waals surface area (Å²) in [5.74, 6) is -0.423. The Kier molecular flexibility index (Phi) is 8.61. The van der Waals surface area contributed by atoms with Gasteiger partial charge in [0.1, 0.15) is 10.9 Å². The molecule has 3 aromatic rings. The van der Waals surface area contributed by atoms with E-state index >= 15 is 0 Å². The van der Waals surface area contributed by atoms with Crippen LogP contribution in [0.2, 0.25) is 13.1 Å². The number of benzene rings is 3. The van der Waals surface area contributed by atoms with Crippen molar-refractivity contribution in [3.05, 3.63) is 103 Å². The number of carbonyl (C=O) groups is 2. The molecule has 3 aromatic carbocycles. The van der Waals surface area contributed by atoms with Crippen molar-refractivity contribution >= 4 is 36.5 Å². The van der Waals surface area contributed by atoms with Crippen LogP contribution < -0.4 is 10.1 Å². The van der Waals surface area contributed by atoms with E-state index in [1.165, 1.54) is 4.90 Å². The first-order valence-corrected chi connectivity index (χ1v) is 18.1. The maximum absolute atomic E-state index is 14.9. The second kappa shape index (κ2) is 11.7. The molecule has 0 aromatic heterocycles. The summed E-state index contributed by atoms with van der Waals surface area (Å²) in [4.78, 5) is 27.6. The molecular weight excluding hydrogens is 553 g/mol. The third-order valence-electron chi connectivity index (χ3n) is 7.51. The summed E-state index contributed by atoms with van der Waals surface area (Å²) in [6.45, 7) is 8.95. The van der Waals surface area contributed by atoms with Crippen LogP contribution in [0.1, 0.15) is 32.8 Å². The molecule has 2 atom stereocenters. The van der Waals surface area contributed by atoms with Gasteiger partial charge in [0.25, 0.3) is 5.91 Å². The molecule has 41 heavy (non-hydrogen) atoms. The molecule has 0 radical (unpaired) electrons. The van der Waals surface area contributed by atoms with Gasteiger partial charge in [0.15, 0.2) is 11.5 Å². The van der Waals surface area contributed by atoms with Crippen molar-refractivity contribution in [2.45, 2.75) is 60.8 Å². The Balaban J connectivity index is 1.87. The Hall–Kier alpha value is -3.69. The first-order chi connectivity index (χ1) is 19.4. The van der Waals surface area contributed by atoms with E-state index in [9.17, 15) is 18.0 Å². The highest BCUT2D eigenvalue weighted by Gasteiger charge is 2.80. The maximum atomic E-state index is 14.9. The van der Waals surface area contributed by atoms with Gasteiger partial charge in [-0.05, 0) is 50.6 Å². The van der Waals surface area contributed by atoms with E-state index in [4.69, 9.17) is 4.74 Å². The molecule has 0 saturated carbocycles. The zero-order valence-electron chi connectivity index (χ0n) is 24.2. The largest absolute Gasteiger partial charge is 0.484 e. The third-order valence-corrected chi connectivity index (χ3v) is 12.8. The van der Waals surface area contributed by atoms with Crippen molar-refractivity contribution < 1.29 is 22.7 Å². The van der Waals surface area contributed by atoms with E-state index in [0.717, 1.165) is 5.56 Å². The molecule has 1 saturated heterocycles. The van der Waals surface area contributed by atoms with Crippen LogP contribution in [0.15, 0.2) is 102 Å². The minimum Gasteiger partial charge on any atom is -0.484 e. The monoisotopic (exact) mass is 590 g/mol. The molecule has 1 aliphatic heterocycles. The lowest BCUT2D eigenvalue weighted by molar-refractivity contribution is -0.173. The first-order valence-electron chi connectivity index (χ1n) is 13.7. The third kappa shape index (κ3) is 5.36. The average Bonchev–Trinajstić information content (AvgIpc) is 2.94. The molecule has 1 N–H and O–H groups in total. The lowest BCUT2D eigenvalue weighted by Crippen LogP contribution is -2.95. The molecule has 9 heteroatoms. The molecule has 2 amide bonds. The van der Waals surface area contributed by atoms with Gasteiger partial charge in [-0.1, -0.05) is 92.0 Å².